The molecule has 1 N–H and O–H groups in total. The van der Waals surface area contributed by atoms with Gasteiger partial charge in [0.25, 0.3) is 0 Å². The molecule has 100 valence electrons. The van der Waals surface area contributed by atoms with Gasteiger partial charge in [0, 0.05) is 22.9 Å². The number of nitrogens with one attached hydrogen (secondary N) is 1. The lowest BCUT2D eigenvalue weighted by Gasteiger charge is -2.08. The van der Waals surface area contributed by atoms with Gasteiger partial charge in [0.05, 0.1) is 12.2 Å². The monoisotopic (exact) mass is 273 g/mol. The fourth-order valence-corrected chi connectivity index (χ4v) is 3.73. The number of fused-ring (bicyclic) bond motifs is 1. The largest absolute Gasteiger partial charge is 0.311 e. The molecule has 0 fully saturated rings. The van der Waals surface area contributed by atoms with Gasteiger partial charge in [0.2, 0.25) is 0 Å². The van der Waals surface area contributed by atoms with Gasteiger partial charge in [-0.05, 0) is 30.7 Å². The molecule has 0 saturated heterocycles. The van der Waals surface area contributed by atoms with Gasteiger partial charge in [0.15, 0.2) is 0 Å². The van der Waals surface area contributed by atoms with Crippen LogP contribution in [0.25, 0.3) is 0 Å². The highest BCUT2D eigenvalue weighted by Crippen LogP contribution is 2.37. The third kappa shape index (κ3) is 3.01. The van der Waals surface area contributed by atoms with E-state index in [1.807, 2.05) is 11.8 Å². The molecule has 1 atom stereocenters. The van der Waals surface area contributed by atoms with E-state index in [9.17, 15) is 0 Å². The van der Waals surface area contributed by atoms with Gasteiger partial charge >= 0.3 is 0 Å². The second-order valence-corrected chi connectivity index (χ2v) is 6.20. The molecule has 19 heavy (non-hydrogen) atoms. The lowest BCUT2D eigenvalue weighted by atomic mass is 10.1. The van der Waals surface area contributed by atoms with E-state index < -0.39 is 0 Å². The molecule has 1 aliphatic rings. The van der Waals surface area contributed by atoms with Gasteiger partial charge in [-0.3, -0.25) is 4.68 Å². The summed E-state index contributed by atoms with van der Waals surface area (Å²) in [6, 6.07) is 10.8. The summed E-state index contributed by atoms with van der Waals surface area (Å²) >= 11 is 1.98. The van der Waals surface area contributed by atoms with Gasteiger partial charge in [-0.15, -0.1) is 11.8 Å². The summed E-state index contributed by atoms with van der Waals surface area (Å²) < 4.78 is 2.08. The molecule has 3 nitrogen and oxygen atoms in total. The summed E-state index contributed by atoms with van der Waals surface area (Å²) in [5.74, 6) is 0. The fourth-order valence-electron chi connectivity index (χ4n) is 2.42. The average Bonchev–Trinajstić information content (AvgIpc) is 3.02. The van der Waals surface area contributed by atoms with E-state index in [2.05, 4.69) is 58.5 Å². The normalized spacial score (nSPS) is 17.6. The molecule has 0 bridgehead atoms. The highest BCUT2D eigenvalue weighted by atomic mass is 32.2. The standard InChI is InChI=1S/C15H19N3S/c1-2-16-10-13-7-8-18(17-13)11-14-9-12-5-3-4-6-15(12)19-14/h3-8,14,16H,2,9-11H2,1H3. The zero-order valence-corrected chi connectivity index (χ0v) is 12.0. The quantitative estimate of drug-likeness (QED) is 0.908. The average molecular weight is 273 g/mol. The van der Waals surface area contributed by atoms with Gasteiger partial charge in [-0.25, -0.2) is 0 Å². The Labute approximate surface area is 118 Å². The van der Waals surface area contributed by atoms with E-state index in [1.165, 1.54) is 10.5 Å². The number of aromatic nitrogens is 2. The second-order valence-electron chi connectivity index (χ2n) is 4.86. The minimum atomic E-state index is 0.615. The van der Waals surface area contributed by atoms with Crippen LogP contribution in [0.4, 0.5) is 0 Å². The first-order valence-corrected chi connectivity index (χ1v) is 7.70. The fraction of sp³-hybridized carbons (Fsp3) is 0.400. The molecule has 0 saturated carbocycles. The van der Waals surface area contributed by atoms with Crippen LogP contribution >= 0.6 is 11.8 Å². The van der Waals surface area contributed by atoms with Crippen LogP contribution in [-0.2, 0) is 19.5 Å². The molecule has 3 rings (SSSR count). The number of rotatable bonds is 5. The van der Waals surface area contributed by atoms with E-state index in [-0.39, 0.29) is 0 Å². The van der Waals surface area contributed by atoms with Crippen LogP contribution in [0.15, 0.2) is 41.4 Å². The Balaban J connectivity index is 1.60. The van der Waals surface area contributed by atoms with Crippen molar-refractivity contribution in [3.63, 3.8) is 0 Å². The lowest BCUT2D eigenvalue weighted by Crippen LogP contribution is -2.15. The van der Waals surface area contributed by atoms with Crippen LogP contribution in [-0.4, -0.2) is 21.6 Å². The van der Waals surface area contributed by atoms with Crippen molar-refractivity contribution in [2.24, 2.45) is 0 Å². The summed E-state index contributed by atoms with van der Waals surface area (Å²) in [4.78, 5) is 1.44. The van der Waals surface area contributed by atoms with Crippen LogP contribution in [0.1, 0.15) is 18.2 Å². The topological polar surface area (TPSA) is 29.9 Å². The number of benzene rings is 1. The van der Waals surface area contributed by atoms with E-state index in [4.69, 9.17) is 0 Å². The van der Waals surface area contributed by atoms with Crippen molar-refractivity contribution in [2.45, 2.75) is 36.6 Å². The third-order valence-electron chi connectivity index (χ3n) is 3.36. The van der Waals surface area contributed by atoms with Gasteiger partial charge in [-0.1, -0.05) is 25.1 Å². The number of hydrogen-bond donors (Lipinski definition) is 1. The molecule has 1 aromatic carbocycles. The molecule has 2 heterocycles. The van der Waals surface area contributed by atoms with Gasteiger partial charge < -0.3 is 5.32 Å². The second kappa shape index (κ2) is 5.80. The lowest BCUT2D eigenvalue weighted by molar-refractivity contribution is 0.579. The maximum absolute atomic E-state index is 4.61. The molecule has 2 aromatic rings. The maximum Gasteiger partial charge on any atom is 0.0762 e. The molecule has 0 aliphatic carbocycles. The van der Waals surface area contributed by atoms with Crippen LogP contribution in [0.2, 0.25) is 0 Å². The van der Waals surface area contributed by atoms with Gasteiger partial charge in [0.1, 0.15) is 0 Å². The minimum Gasteiger partial charge on any atom is -0.311 e. The first kappa shape index (κ1) is 12.8. The van der Waals surface area contributed by atoms with E-state index in [0.29, 0.717) is 5.25 Å². The minimum absolute atomic E-state index is 0.615. The van der Waals surface area contributed by atoms with Crippen molar-refractivity contribution in [3.8, 4) is 0 Å². The van der Waals surface area contributed by atoms with Gasteiger partial charge in [-0.2, -0.15) is 5.10 Å². The summed E-state index contributed by atoms with van der Waals surface area (Å²) in [5, 5.41) is 8.53. The predicted octanol–water partition coefficient (Wildman–Crippen LogP) is 2.71. The summed E-state index contributed by atoms with van der Waals surface area (Å²) in [6.07, 6.45) is 3.25. The van der Waals surface area contributed by atoms with Crippen LogP contribution in [0.5, 0.6) is 0 Å². The highest BCUT2D eigenvalue weighted by Gasteiger charge is 2.22. The van der Waals surface area contributed by atoms with E-state index >= 15 is 0 Å². The third-order valence-corrected chi connectivity index (χ3v) is 4.66. The van der Waals surface area contributed by atoms with Crippen LogP contribution in [0.3, 0.4) is 0 Å². The Bertz CT molecular complexity index is 525. The molecule has 4 heteroatoms. The summed E-state index contributed by atoms with van der Waals surface area (Å²) in [6.45, 7) is 4.96. The molecule has 1 aliphatic heterocycles. The molecule has 0 spiro atoms. The van der Waals surface area contributed by atoms with Crippen LogP contribution < -0.4 is 5.32 Å². The SMILES string of the molecule is CCNCc1ccn(CC2Cc3ccccc3S2)n1. The van der Waals surface area contributed by atoms with Crippen molar-refractivity contribution in [1.29, 1.82) is 0 Å². The van der Waals surface area contributed by atoms with E-state index in [1.54, 1.807) is 0 Å². The molecule has 1 aromatic heterocycles. The first-order valence-electron chi connectivity index (χ1n) is 6.83. The van der Waals surface area contributed by atoms with Crippen molar-refractivity contribution >= 4 is 11.8 Å². The zero-order chi connectivity index (χ0) is 13.1. The van der Waals surface area contributed by atoms with E-state index in [0.717, 1.165) is 31.7 Å². The zero-order valence-electron chi connectivity index (χ0n) is 11.2. The van der Waals surface area contributed by atoms with Crippen molar-refractivity contribution in [3.05, 3.63) is 47.8 Å². The molecule has 0 radical (unpaired) electrons. The molecule has 1 unspecified atom stereocenters. The molecular formula is C15H19N3S. The Kier molecular flexibility index (Phi) is 3.89. The number of hydrogen-bond acceptors (Lipinski definition) is 3. The van der Waals surface area contributed by atoms with Crippen molar-refractivity contribution in [2.75, 3.05) is 6.54 Å². The first-order chi connectivity index (χ1) is 9.35. The van der Waals surface area contributed by atoms with Crippen molar-refractivity contribution < 1.29 is 0 Å². The Morgan fingerprint density at radius 2 is 2.26 bits per heavy atom. The highest BCUT2D eigenvalue weighted by molar-refractivity contribution is 8.00. The Morgan fingerprint density at radius 1 is 1.37 bits per heavy atom. The predicted molar refractivity (Wildman–Crippen MR) is 79.4 cm³/mol. The Hall–Kier alpha value is -1.26. The summed E-state index contributed by atoms with van der Waals surface area (Å²) in [7, 11) is 0. The maximum atomic E-state index is 4.61. The molecular weight excluding hydrogens is 254 g/mol. The number of thioether (sulfide) groups is 1. The smallest absolute Gasteiger partial charge is 0.0762 e. The molecule has 0 amide bonds. The summed E-state index contributed by atoms with van der Waals surface area (Å²) in [5.41, 5.74) is 2.61. The Morgan fingerprint density at radius 3 is 3.11 bits per heavy atom. The van der Waals surface area contributed by atoms with Crippen LogP contribution in [0, 0.1) is 0 Å². The van der Waals surface area contributed by atoms with Crippen molar-refractivity contribution in [1.82, 2.24) is 15.1 Å². The number of nitrogens with zero attached hydrogens (tertiary/aromatic N) is 2.